The minimum atomic E-state index is -0.230. The Bertz CT molecular complexity index is 401. The zero-order chi connectivity index (χ0) is 14.5. The molecule has 2 rings (SSSR count). The SMILES string of the molecule is CC(N)C(c1ccc(F)cc1)N(CCO)C1CCCC1. The van der Waals surface area contributed by atoms with Crippen LogP contribution in [0.5, 0.6) is 0 Å². The number of halogens is 1. The smallest absolute Gasteiger partial charge is 0.123 e. The Morgan fingerprint density at radius 2 is 1.90 bits per heavy atom. The van der Waals surface area contributed by atoms with Crippen molar-refractivity contribution in [2.24, 2.45) is 5.73 Å². The van der Waals surface area contributed by atoms with Crippen LogP contribution < -0.4 is 5.73 Å². The second-order valence-corrected chi connectivity index (χ2v) is 5.76. The van der Waals surface area contributed by atoms with E-state index < -0.39 is 0 Å². The van der Waals surface area contributed by atoms with E-state index in [1.165, 1.54) is 25.0 Å². The number of aliphatic hydroxyl groups is 1. The molecule has 2 atom stereocenters. The molecule has 3 N–H and O–H groups in total. The van der Waals surface area contributed by atoms with E-state index in [2.05, 4.69) is 4.90 Å². The highest BCUT2D eigenvalue weighted by Crippen LogP contribution is 2.32. The number of rotatable bonds is 6. The Hall–Kier alpha value is -0.970. The molecule has 0 radical (unpaired) electrons. The summed E-state index contributed by atoms with van der Waals surface area (Å²) < 4.78 is 13.1. The topological polar surface area (TPSA) is 49.5 Å². The molecule has 0 aliphatic heterocycles. The average molecular weight is 280 g/mol. The molecule has 1 aliphatic carbocycles. The standard InChI is InChI=1S/C16H25FN2O/c1-12(18)16(13-6-8-14(17)9-7-13)19(10-11-20)15-4-2-3-5-15/h6-9,12,15-16,20H,2-5,10-11,18H2,1H3. The summed E-state index contributed by atoms with van der Waals surface area (Å²) in [6.07, 6.45) is 4.79. The average Bonchev–Trinajstić information content (AvgIpc) is 2.94. The van der Waals surface area contributed by atoms with Crippen LogP contribution in [0.15, 0.2) is 24.3 Å². The molecule has 1 aliphatic rings. The van der Waals surface area contributed by atoms with Gasteiger partial charge in [0.1, 0.15) is 5.82 Å². The van der Waals surface area contributed by atoms with Crippen LogP contribution in [0.1, 0.15) is 44.2 Å². The number of hydrogen-bond acceptors (Lipinski definition) is 3. The summed E-state index contributed by atoms with van der Waals surface area (Å²) in [7, 11) is 0. The molecule has 0 heterocycles. The summed E-state index contributed by atoms with van der Waals surface area (Å²) in [4.78, 5) is 2.31. The van der Waals surface area contributed by atoms with Crippen LogP contribution in [-0.2, 0) is 0 Å². The summed E-state index contributed by atoms with van der Waals surface area (Å²) in [5.74, 6) is -0.230. The summed E-state index contributed by atoms with van der Waals surface area (Å²) in [6, 6.07) is 7.03. The lowest BCUT2D eigenvalue weighted by molar-refractivity contribution is 0.0921. The quantitative estimate of drug-likeness (QED) is 0.841. The third-order valence-corrected chi connectivity index (χ3v) is 4.22. The first-order valence-corrected chi connectivity index (χ1v) is 7.51. The Labute approximate surface area is 120 Å². The third kappa shape index (κ3) is 3.57. The molecule has 1 fully saturated rings. The predicted octanol–water partition coefficient (Wildman–Crippen LogP) is 2.45. The summed E-state index contributed by atoms with van der Waals surface area (Å²) >= 11 is 0. The Kier molecular flexibility index (Phi) is 5.52. The van der Waals surface area contributed by atoms with Crippen LogP contribution in [0.25, 0.3) is 0 Å². The van der Waals surface area contributed by atoms with Gasteiger partial charge in [0, 0.05) is 24.7 Å². The minimum absolute atomic E-state index is 0.0332. The zero-order valence-corrected chi connectivity index (χ0v) is 12.1. The molecule has 1 aromatic carbocycles. The van der Waals surface area contributed by atoms with Crippen molar-refractivity contribution in [1.82, 2.24) is 4.90 Å². The predicted molar refractivity (Wildman–Crippen MR) is 78.8 cm³/mol. The molecule has 0 aromatic heterocycles. The van der Waals surface area contributed by atoms with Crippen molar-refractivity contribution in [3.63, 3.8) is 0 Å². The third-order valence-electron chi connectivity index (χ3n) is 4.22. The number of nitrogens with zero attached hydrogens (tertiary/aromatic N) is 1. The van der Waals surface area contributed by atoms with Crippen molar-refractivity contribution < 1.29 is 9.50 Å². The molecule has 1 aromatic rings. The van der Waals surface area contributed by atoms with Crippen molar-refractivity contribution in [1.29, 1.82) is 0 Å². The molecule has 0 bridgehead atoms. The first kappa shape index (κ1) is 15.4. The normalized spacial score (nSPS) is 19.4. The summed E-state index contributed by atoms with van der Waals surface area (Å²) in [6.45, 7) is 2.72. The van der Waals surface area contributed by atoms with Gasteiger partial charge in [0.2, 0.25) is 0 Å². The van der Waals surface area contributed by atoms with E-state index in [9.17, 15) is 9.50 Å². The molecule has 0 spiro atoms. The van der Waals surface area contributed by atoms with Gasteiger partial charge in [-0.1, -0.05) is 25.0 Å². The van der Waals surface area contributed by atoms with Gasteiger partial charge in [-0.25, -0.2) is 4.39 Å². The van der Waals surface area contributed by atoms with Crippen molar-refractivity contribution >= 4 is 0 Å². The molecule has 0 amide bonds. The highest BCUT2D eigenvalue weighted by Gasteiger charge is 2.31. The van der Waals surface area contributed by atoms with Gasteiger partial charge in [0.15, 0.2) is 0 Å². The maximum Gasteiger partial charge on any atom is 0.123 e. The van der Waals surface area contributed by atoms with Gasteiger partial charge in [0.05, 0.1) is 6.61 Å². The van der Waals surface area contributed by atoms with E-state index in [0.717, 1.165) is 18.4 Å². The maximum absolute atomic E-state index is 13.1. The lowest BCUT2D eigenvalue weighted by Crippen LogP contribution is -2.45. The van der Waals surface area contributed by atoms with Gasteiger partial charge < -0.3 is 10.8 Å². The Morgan fingerprint density at radius 3 is 2.40 bits per heavy atom. The largest absolute Gasteiger partial charge is 0.395 e. The molecular formula is C16H25FN2O. The highest BCUT2D eigenvalue weighted by molar-refractivity contribution is 5.22. The van der Waals surface area contributed by atoms with Crippen LogP contribution >= 0.6 is 0 Å². The fourth-order valence-electron chi connectivity index (χ4n) is 3.36. The van der Waals surface area contributed by atoms with Gasteiger partial charge in [0.25, 0.3) is 0 Å². The number of aliphatic hydroxyl groups excluding tert-OH is 1. The van der Waals surface area contributed by atoms with E-state index in [1.54, 1.807) is 0 Å². The molecule has 3 nitrogen and oxygen atoms in total. The second-order valence-electron chi connectivity index (χ2n) is 5.76. The van der Waals surface area contributed by atoms with Crippen LogP contribution in [0.2, 0.25) is 0 Å². The van der Waals surface area contributed by atoms with Crippen LogP contribution in [-0.4, -0.2) is 35.2 Å². The van der Waals surface area contributed by atoms with Crippen molar-refractivity contribution in [3.8, 4) is 0 Å². The van der Waals surface area contributed by atoms with Crippen molar-refractivity contribution in [2.45, 2.75) is 50.7 Å². The van der Waals surface area contributed by atoms with Crippen LogP contribution in [0, 0.1) is 5.82 Å². The molecule has 4 heteroatoms. The second kappa shape index (κ2) is 7.16. The number of nitrogens with two attached hydrogens (primary N) is 1. The summed E-state index contributed by atoms with van der Waals surface area (Å²) in [5.41, 5.74) is 7.22. The van der Waals surface area contributed by atoms with E-state index in [1.807, 2.05) is 19.1 Å². The molecule has 1 saturated carbocycles. The highest BCUT2D eigenvalue weighted by atomic mass is 19.1. The van der Waals surface area contributed by atoms with Gasteiger partial charge in [-0.3, -0.25) is 4.90 Å². The van der Waals surface area contributed by atoms with E-state index >= 15 is 0 Å². The Morgan fingerprint density at radius 1 is 1.30 bits per heavy atom. The Balaban J connectivity index is 2.25. The molecule has 2 unspecified atom stereocenters. The van der Waals surface area contributed by atoms with Crippen molar-refractivity contribution in [3.05, 3.63) is 35.6 Å². The minimum Gasteiger partial charge on any atom is -0.395 e. The van der Waals surface area contributed by atoms with E-state index in [0.29, 0.717) is 12.6 Å². The molecule has 20 heavy (non-hydrogen) atoms. The van der Waals surface area contributed by atoms with E-state index in [-0.39, 0.29) is 24.5 Å². The van der Waals surface area contributed by atoms with Gasteiger partial charge in [-0.2, -0.15) is 0 Å². The summed E-state index contributed by atoms with van der Waals surface area (Å²) in [5, 5.41) is 9.38. The molecular weight excluding hydrogens is 255 g/mol. The molecule has 0 saturated heterocycles. The fraction of sp³-hybridized carbons (Fsp3) is 0.625. The van der Waals surface area contributed by atoms with Gasteiger partial charge >= 0.3 is 0 Å². The number of benzene rings is 1. The van der Waals surface area contributed by atoms with Gasteiger partial charge in [-0.15, -0.1) is 0 Å². The fourth-order valence-corrected chi connectivity index (χ4v) is 3.36. The monoisotopic (exact) mass is 280 g/mol. The first-order chi connectivity index (χ1) is 9.63. The molecule has 112 valence electrons. The van der Waals surface area contributed by atoms with Gasteiger partial charge in [-0.05, 0) is 37.5 Å². The first-order valence-electron chi connectivity index (χ1n) is 7.51. The van der Waals surface area contributed by atoms with Crippen LogP contribution in [0.4, 0.5) is 4.39 Å². The van der Waals surface area contributed by atoms with Crippen molar-refractivity contribution in [2.75, 3.05) is 13.2 Å². The number of hydrogen-bond donors (Lipinski definition) is 2. The zero-order valence-electron chi connectivity index (χ0n) is 12.1. The van der Waals surface area contributed by atoms with Crippen LogP contribution in [0.3, 0.4) is 0 Å². The maximum atomic E-state index is 13.1. The lowest BCUT2D eigenvalue weighted by atomic mass is 9.97. The van der Waals surface area contributed by atoms with E-state index in [4.69, 9.17) is 5.73 Å². The lowest BCUT2D eigenvalue weighted by Gasteiger charge is -2.38.